The van der Waals surface area contributed by atoms with Gasteiger partial charge in [-0.3, -0.25) is 4.90 Å². The fourth-order valence-electron chi connectivity index (χ4n) is 8.79. The van der Waals surface area contributed by atoms with Gasteiger partial charge in [-0.05, 0) is 74.2 Å². The van der Waals surface area contributed by atoms with Crippen LogP contribution < -0.4 is 19.7 Å². The number of fused-ring (bicyclic) bond motifs is 6. The molecule has 0 unspecified atom stereocenters. The highest BCUT2D eigenvalue weighted by Crippen LogP contribution is 2.52. The van der Waals surface area contributed by atoms with E-state index in [2.05, 4.69) is 15.2 Å². The van der Waals surface area contributed by atoms with Crippen LogP contribution in [0.15, 0.2) is 12.1 Å². The van der Waals surface area contributed by atoms with E-state index in [0.717, 1.165) is 51.1 Å². The van der Waals surface area contributed by atoms with Crippen LogP contribution in [-0.2, 0) is 0 Å². The van der Waals surface area contributed by atoms with Gasteiger partial charge in [0.2, 0.25) is 0 Å². The third-order valence-electron chi connectivity index (χ3n) is 11.1. The van der Waals surface area contributed by atoms with E-state index in [1.165, 1.54) is 6.07 Å². The average Bonchev–Trinajstić information content (AvgIpc) is 3.61. The van der Waals surface area contributed by atoms with Gasteiger partial charge in [0.1, 0.15) is 30.7 Å². The molecule has 2 bridgehead atoms. The number of nitrogens with zero attached hydrogens (tertiary/aromatic N) is 4. The van der Waals surface area contributed by atoms with Crippen molar-refractivity contribution in [2.75, 3.05) is 37.7 Å². The van der Waals surface area contributed by atoms with Gasteiger partial charge in [0.25, 0.3) is 6.43 Å². The highest BCUT2D eigenvalue weighted by atomic mass is 35.5. The molecule has 0 amide bonds. The second kappa shape index (κ2) is 10.5. The molecule has 244 valence electrons. The van der Waals surface area contributed by atoms with Crippen LogP contribution in [0.1, 0.15) is 68.4 Å². The lowest BCUT2D eigenvalue weighted by Crippen LogP contribution is -2.60. The van der Waals surface area contributed by atoms with Crippen LogP contribution in [0.3, 0.4) is 0 Å². The molecule has 1 aromatic heterocycles. The summed E-state index contributed by atoms with van der Waals surface area (Å²) in [5.41, 5.74) is -1.21. The Bertz CT molecular complexity index is 1760. The summed E-state index contributed by atoms with van der Waals surface area (Å²) in [7, 11) is 0. The summed E-state index contributed by atoms with van der Waals surface area (Å²) in [6.07, 6.45) is 1.50. The Morgan fingerprint density at radius 1 is 1.11 bits per heavy atom. The van der Waals surface area contributed by atoms with Crippen molar-refractivity contribution in [3.8, 4) is 22.9 Å². The van der Waals surface area contributed by atoms with E-state index in [1.807, 2.05) is 4.90 Å². The maximum absolute atomic E-state index is 17.0. The first-order valence-electron chi connectivity index (χ1n) is 16.2. The third-order valence-corrected chi connectivity index (χ3v) is 11.4. The number of hydrogen-bond acceptors (Lipinski definition) is 7. The number of alkyl halides is 3. The molecular weight excluding hydrogens is 629 g/mol. The van der Waals surface area contributed by atoms with Gasteiger partial charge in [0, 0.05) is 42.2 Å². The van der Waals surface area contributed by atoms with E-state index in [4.69, 9.17) is 26.1 Å². The lowest BCUT2D eigenvalue weighted by Gasteiger charge is -2.40. The Morgan fingerprint density at radius 2 is 1.96 bits per heavy atom. The van der Waals surface area contributed by atoms with Crippen LogP contribution in [0, 0.1) is 11.6 Å². The molecule has 6 aliphatic rings. The van der Waals surface area contributed by atoms with E-state index < -0.39 is 40.9 Å². The monoisotopic (exact) mass is 661 g/mol. The summed E-state index contributed by atoms with van der Waals surface area (Å²) >= 11 is 6.52. The van der Waals surface area contributed by atoms with Crippen LogP contribution in [-0.4, -0.2) is 77.6 Å². The van der Waals surface area contributed by atoms with Gasteiger partial charge in [-0.15, -0.1) is 0 Å². The molecule has 2 aromatic carbocycles. The van der Waals surface area contributed by atoms with Crippen molar-refractivity contribution in [1.29, 1.82) is 0 Å². The zero-order chi connectivity index (χ0) is 31.5. The molecule has 9 rings (SSSR count). The van der Waals surface area contributed by atoms with Gasteiger partial charge >= 0.3 is 6.01 Å². The first-order chi connectivity index (χ1) is 22.2. The molecular formula is C33H33ClF5N5O2. The number of anilines is 1. The Kier molecular flexibility index (Phi) is 6.68. The Balaban J connectivity index is 1.24. The summed E-state index contributed by atoms with van der Waals surface area (Å²) in [5, 5.41) is 3.74. The van der Waals surface area contributed by atoms with Gasteiger partial charge < -0.3 is 19.7 Å². The standard InChI is InChI=1S/C33H33ClF5N5O2/c34-20-9-16(30(38)39)8-19(23(20)15-2-3-15)24-26(36)28-25-29(27(24)37)45-13-22-21-5-4-18(40-21)12-44(22)31(25)42-32(41-28)46-14-33-6-1-7-43(33)11-17(35)10-33/h8-9,15,17-18,21-22,30,40H,1-7,10-14H2/t17-,18-,21+,22-,33+/m1/s1. The molecule has 4 saturated heterocycles. The van der Waals surface area contributed by atoms with Crippen LogP contribution in [0.4, 0.5) is 27.8 Å². The Morgan fingerprint density at radius 3 is 2.76 bits per heavy atom. The Hall–Kier alpha value is -2.96. The highest BCUT2D eigenvalue weighted by molar-refractivity contribution is 6.32. The first-order valence-corrected chi connectivity index (χ1v) is 16.6. The van der Waals surface area contributed by atoms with Gasteiger partial charge in [0.05, 0.1) is 22.5 Å². The zero-order valence-electron chi connectivity index (χ0n) is 25.0. The first kappa shape index (κ1) is 29.2. The Labute approximate surface area is 267 Å². The molecule has 5 atom stereocenters. The minimum atomic E-state index is -2.89. The van der Waals surface area contributed by atoms with E-state index in [9.17, 15) is 13.2 Å². The van der Waals surface area contributed by atoms with Crippen molar-refractivity contribution in [2.24, 2.45) is 0 Å². The van der Waals surface area contributed by atoms with Crippen LogP contribution >= 0.6 is 11.6 Å². The summed E-state index contributed by atoms with van der Waals surface area (Å²) in [5.74, 6) is -2.00. The number of aromatic nitrogens is 2. The number of piperazine rings is 1. The minimum Gasteiger partial charge on any atom is -0.487 e. The number of ether oxygens (including phenoxy) is 2. The molecule has 0 spiro atoms. The normalized spacial score (nSPS) is 30.1. The molecule has 6 heterocycles. The summed E-state index contributed by atoms with van der Waals surface area (Å²) in [6, 6.07) is 2.23. The summed E-state index contributed by atoms with van der Waals surface area (Å²) < 4.78 is 88.7. The van der Waals surface area contributed by atoms with Crippen molar-refractivity contribution >= 4 is 28.3 Å². The summed E-state index contributed by atoms with van der Waals surface area (Å²) in [6.45, 7) is 1.92. The number of benzene rings is 2. The van der Waals surface area contributed by atoms with Gasteiger partial charge in [-0.2, -0.15) is 9.97 Å². The van der Waals surface area contributed by atoms with Gasteiger partial charge in [0.15, 0.2) is 17.4 Å². The molecule has 3 aromatic rings. The second-order valence-electron chi connectivity index (χ2n) is 13.9. The fraction of sp³-hybridized carbons (Fsp3) is 0.576. The van der Waals surface area contributed by atoms with Gasteiger partial charge in [-0.25, -0.2) is 22.0 Å². The van der Waals surface area contributed by atoms with Crippen molar-refractivity contribution < 1.29 is 31.4 Å². The SMILES string of the molecule is Fc1c(-c2cc(C(F)F)cc(Cl)c2C2CC2)c(F)c2nc(OC[C@@]34CCCN3C[C@H](F)C4)nc3c2c1OC[C@@H]1[C@@H]2CC[C@H](CN31)N2. The quantitative estimate of drug-likeness (QED) is 0.295. The van der Waals surface area contributed by atoms with Gasteiger partial charge in [-0.1, -0.05) is 11.6 Å². The lowest BCUT2D eigenvalue weighted by atomic mass is 9.92. The molecule has 1 saturated carbocycles. The maximum Gasteiger partial charge on any atom is 0.319 e. The largest absolute Gasteiger partial charge is 0.487 e. The van der Waals surface area contributed by atoms with Crippen LogP contribution in [0.2, 0.25) is 5.02 Å². The number of nitrogens with one attached hydrogen (secondary N) is 1. The molecule has 7 nitrogen and oxygen atoms in total. The van der Waals surface area contributed by atoms with Crippen molar-refractivity contribution in [3.05, 3.63) is 39.9 Å². The van der Waals surface area contributed by atoms with Crippen LogP contribution in [0.25, 0.3) is 22.0 Å². The van der Waals surface area contributed by atoms with Crippen LogP contribution in [0.5, 0.6) is 11.8 Å². The molecule has 0 radical (unpaired) electrons. The minimum absolute atomic E-state index is 0.0206. The van der Waals surface area contributed by atoms with E-state index in [1.54, 1.807) is 0 Å². The molecule has 1 N–H and O–H groups in total. The molecule has 13 heteroatoms. The third kappa shape index (κ3) is 4.42. The molecule has 5 aliphatic heterocycles. The molecule has 46 heavy (non-hydrogen) atoms. The molecule has 5 fully saturated rings. The zero-order valence-corrected chi connectivity index (χ0v) is 25.7. The molecule has 1 aliphatic carbocycles. The van der Waals surface area contributed by atoms with Crippen molar-refractivity contribution in [2.45, 2.75) is 87.1 Å². The van der Waals surface area contributed by atoms with Crippen molar-refractivity contribution in [3.63, 3.8) is 0 Å². The van der Waals surface area contributed by atoms with Crippen molar-refractivity contribution in [1.82, 2.24) is 20.2 Å². The number of rotatable bonds is 6. The lowest BCUT2D eigenvalue weighted by molar-refractivity contribution is 0.107. The number of hydrogen-bond donors (Lipinski definition) is 1. The second-order valence-corrected chi connectivity index (χ2v) is 14.3. The number of halogens is 6. The summed E-state index contributed by atoms with van der Waals surface area (Å²) in [4.78, 5) is 13.4. The van der Waals surface area contributed by atoms with E-state index >= 15 is 8.78 Å². The smallest absolute Gasteiger partial charge is 0.319 e. The predicted octanol–water partition coefficient (Wildman–Crippen LogP) is 6.70. The topological polar surface area (TPSA) is 62.8 Å². The fourth-order valence-corrected chi connectivity index (χ4v) is 9.17. The predicted molar refractivity (Wildman–Crippen MR) is 162 cm³/mol. The van der Waals surface area contributed by atoms with E-state index in [0.29, 0.717) is 30.9 Å². The highest BCUT2D eigenvalue weighted by Gasteiger charge is 2.50. The van der Waals surface area contributed by atoms with E-state index in [-0.39, 0.29) is 70.5 Å². The maximum atomic E-state index is 17.0. The average molecular weight is 662 g/mol.